The van der Waals surface area contributed by atoms with E-state index in [9.17, 15) is 4.79 Å². The number of amides is 2. The predicted molar refractivity (Wildman–Crippen MR) is 103 cm³/mol. The Hall–Kier alpha value is -1.95. The molecule has 6 heteroatoms. The molecule has 27 heavy (non-hydrogen) atoms. The highest BCUT2D eigenvalue weighted by atomic mass is 16.5. The van der Waals surface area contributed by atoms with Crippen LogP contribution in [0.25, 0.3) is 0 Å². The second kappa shape index (κ2) is 7.23. The van der Waals surface area contributed by atoms with Gasteiger partial charge in [-0.25, -0.2) is 4.79 Å². The Kier molecular flexibility index (Phi) is 4.93. The molecule has 4 saturated carbocycles. The fraction of sp³-hybridized carbons (Fsp3) is 0.667. The molecule has 0 aliphatic heterocycles. The molecule has 0 unspecified atom stereocenters. The lowest BCUT2D eigenvalue weighted by Gasteiger charge is -2.60. The highest BCUT2D eigenvalue weighted by Crippen LogP contribution is 2.59. The van der Waals surface area contributed by atoms with Crippen LogP contribution in [0.1, 0.15) is 32.1 Å². The van der Waals surface area contributed by atoms with Gasteiger partial charge in [0.1, 0.15) is 0 Å². The molecule has 4 fully saturated rings. The van der Waals surface area contributed by atoms with E-state index in [1.54, 1.807) is 26.4 Å². The number of nitrogens with one attached hydrogen (secondary N) is 2. The molecule has 1 aromatic rings. The normalized spacial score (nSPS) is 33.6. The molecule has 0 spiro atoms. The van der Waals surface area contributed by atoms with E-state index in [0.29, 0.717) is 35.6 Å². The fourth-order valence-corrected chi connectivity index (χ4v) is 6.05. The van der Waals surface area contributed by atoms with Gasteiger partial charge in [0, 0.05) is 13.7 Å². The number of carbonyl (C=O) groups is 1. The van der Waals surface area contributed by atoms with Gasteiger partial charge in [-0.15, -0.1) is 0 Å². The Balaban J connectivity index is 1.43. The molecule has 4 bridgehead atoms. The largest absolute Gasteiger partial charge is 0.493 e. The van der Waals surface area contributed by atoms with Crippen molar-refractivity contribution in [3.05, 3.63) is 18.2 Å². The van der Waals surface area contributed by atoms with Crippen LogP contribution >= 0.6 is 0 Å². The van der Waals surface area contributed by atoms with Crippen LogP contribution in [-0.2, 0) is 4.74 Å². The Labute approximate surface area is 160 Å². The molecule has 6 nitrogen and oxygen atoms in total. The van der Waals surface area contributed by atoms with Crippen LogP contribution in [0.4, 0.5) is 10.5 Å². The van der Waals surface area contributed by atoms with Gasteiger partial charge in [0.15, 0.2) is 11.5 Å². The molecule has 1 aromatic carbocycles. The number of methoxy groups -OCH3 is 3. The van der Waals surface area contributed by atoms with E-state index in [0.717, 1.165) is 11.8 Å². The first-order valence-electron chi connectivity index (χ1n) is 9.90. The van der Waals surface area contributed by atoms with Gasteiger partial charge in [-0.3, -0.25) is 0 Å². The monoisotopic (exact) mass is 374 g/mol. The van der Waals surface area contributed by atoms with Crippen LogP contribution in [0.2, 0.25) is 0 Å². The van der Waals surface area contributed by atoms with Crippen LogP contribution in [0, 0.1) is 23.7 Å². The quantitative estimate of drug-likeness (QED) is 0.797. The van der Waals surface area contributed by atoms with E-state index in [1.165, 1.54) is 32.1 Å². The summed E-state index contributed by atoms with van der Waals surface area (Å²) in [6.45, 7) is 0.552. The lowest BCUT2D eigenvalue weighted by Crippen LogP contribution is -2.63. The van der Waals surface area contributed by atoms with Crippen LogP contribution in [0.3, 0.4) is 0 Å². The van der Waals surface area contributed by atoms with Crippen molar-refractivity contribution in [1.82, 2.24) is 5.32 Å². The number of rotatable bonds is 6. The molecule has 0 radical (unpaired) electrons. The van der Waals surface area contributed by atoms with Crippen LogP contribution < -0.4 is 20.1 Å². The van der Waals surface area contributed by atoms with Crippen LogP contribution in [-0.4, -0.2) is 39.5 Å². The molecular weight excluding hydrogens is 344 g/mol. The van der Waals surface area contributed by atoms with E-state index in [-0.39, 0.29) is 11.6 Å². The third-order valence-electron chi connectivity index (χ3n) is 7.08. The van der Waals surface area contributed by atoms with Gasteiger partial charge in [-0.05, 0) is 67.9 Å². The molecule has 4 aliphatic carbocycles. The summed E-state index contributed by atoms with van der Waals surface area (Å²) >= 11 is 0. The van der Waals surface area contributed by atoms with Gasteiger partial charge in [-0.1, -0.05) is 6.07 Å². The first-order valence-corrected chi connectivity index (χ1v) is 9.90. The fourth-order valence-electron chi connectivity index (χ4n) is 6.05. The Bertz CT molecular complexity index is 677. The topological polar surface area (TPSA) is 68.8 Å². The highest BCUT2D eigenvalue weighted by Gasteiger charge is 2.57. The summed E-state index contributed by atoms with van der Waals surface area (Å²) < 4.78 is 16.8. The van der Waals surface area contributed by atoms with Crippen molar-refractivity contribution in [3.8, 4) is 11.5 Å². The Morgan fingerprint density at radius 2 is 1.70 bits per heavy atom. The molecule has 0 atom stereocenters. The predicted octanol–water partition coefficient (Wildman–Crippen LogP) is 3.67. The number of hydrogen-bond donors (Lipinski definition) is 2. The molecule has 5 rings (SSSR count). The molecule has 0 heterocycles. The second-order valence-corrected chi connectivity index (χ2v) is 8.31. The number of para-hydroxylation sites is 1. The summed E-state index contributed by atoms with van der Waals surface area (Å²) in [4.78, 5) is 12.6. The first kappa shape index (κ1) is 18.4. The maximum atomic E-state index is 12.6. The average molecular weight is 374 g/mol. The van der Waals surface area contributed by atoms with E-state index >= 15 is 0 Å². The third-order valence-corrected chi connectivity index (χ3v) is 7.08. The molecular formula is C21H30N2O4. The van der Waals surface area contributed by atoms with E-state index in [4.69, 9.17) is 14.2 Å². The number of anilines is 1. The van der Waals surface area contributed by atoms with E-state index < -0.39 is 0 Å². The minimum atomic E-state index is -0.244. The minimum absolute atomic E-state index is 0.219. The summed E-state index contributed by atoms with van der Waals surface area (Å²) in [7, 11) is 4.96. The summed E-state index contributed by atoms with van der Waals surface area (Å²) in [5.74, 6) is 3.96. The van der Waals surface area contributed by atoms with Crippen molar-refractivity contribution in [2.24, 2.45) is 23.7 Å². The first-order chi connectivity index (χ1) is 13.1. The zero-order chi connectivity index (χ0) is 19.0. The smallest absolute Gasteiger partial charge is 0.319 e. The van der Waals surface area contributed by atoms with Crippen LogP contribution in [0.15, 0.2) is 18.2 Å². The van der Waals surface area contributed by atoms with Gasteiger partial charge >= 0.3 is 6.03 Å². The lowest BCUT2D eigenvalue weighted by atomic mass is 9.49. The van der Waals surface area contributed by atoms with Crippen molar-refractivity contribution in [2.75, 3.05) is 33.2 Å². The molecule has 4 aliphatic rings. The highest BCUT2D eigenvalue weighted by molar-refractivity contribution is 5.91. The van der Waals surface area contributed by atoms with Crippen molar-refractivity contribution in [3.63, 3.8) is 0 Å². The lowest BCUT2D eigenvalue weighted by molar-refractivity contribution is -0.186. The SMILES string of the molecule is COc1cccc(NC(=O)NCC2(OC)C3CC4CC(C3)CC2C4)c1OC. The maximum Gasteiger partial charge on any atom is 0.319 e. The number of hydrogen-bond acceptors (Lipinski definition) is 4. The van der Waals surface area contributed by atoms with Gasteiger partial charge in [0.05, 0.1) is 25.5 Å². The Morgan fingerprint density at radius 1 is 1.04 bits per heavy atom. The van der Waals surface area contributed by atoms with Gasteiger partial charge in [0.25, 0.3) is 0 Å². The molecule has 2 N–H and O–H groups in total. The summed E-state index contributed by atoms with van der Waals surface area (Å²) in [5.41, 5.74) is 0.370. The number of carbonyl (C=O) groups excluding carboxylic acids is 1. The minimum Gasteiger partial charge on any atom is -0.493 e. The van der Waals surface area contributed by atoms with Crippen molar-refractivity contribution >= 4 is 11.7 Å². The third kappa shape index (κ3) is 3.14. The zero-order valence-electron chi connectivity index (χ0n) is 16.4. The van der Waals surface area contributed by atoms with E-state index in [2.05, 4.69) is 10.6 Å². The molecule has 0 aromatic heterocycles. The van der Waals surface area contributed by atoms with Gasteiger partial charge in [0.2, 0.25) is 0 Å². The van der Waals surface area contributed by atoms with Crippen molar-refractivity contribution in [2.45, 2.75) is 37.7 Å². The molecule has 0 saturated heterocycles. The zero-order valence-corrected chi connectivity index (χ0v) is 16.4. The standard InChI is InChI=1S/C21H30N2O4/c1-25-18-6-4-5-17(19(18)26-2)23-20(24)22-12-21(27-3)15-8-13-7-14(10-15)11-16(21)9-13/h4-6,13-16H,7-12H2,1-3H3,(H2,22,23,24). The van der Waals surface area contributed by atoms with Gasteiger partial charge < -0.3 is 24.8 Å². The molecule has 148 valence electrons. The van der Waals surface area contributed by atoms with Crippen molar-refractivity contribution < 1.29 is 19.0 Å². The number of benzene rings is 1. The summed E-state index contributed by atoms with van der Waals surface area (Å²) in [5, 5.41) is 5.96. The average Bonchev–Trinajstić information content (AvgIpc) is 2.67. The molecule has 2 amide bonds. The van der Waals surface area contributed by atoms with Crippen molar-refractivity contribution in [1.29, 1.82) is 0 Å². The van der Waals surface area contributed by atoms with Gasteiger partial charge in [-0.2, -0.15) is 0 Å². The maximum absolute atomic E-state index is 12.6. The summed E-state index contributed by atoms with van der Waals surface area (Å²) in [6.07, 6.45) is 6.37. The Morgan fingerprint density at radius 3 is 2.26 bits per heavy atom. The van der Waals surface area contributed by atoms with E-state index in [1.807, 2.05) is 13.2 Å². The number of urea groups is 1. The number of ether oxygens (including phenoxy) is 3. The van der Waals surface area contributed by atoms with Crippen LogP contribution in [0.5, 0.6) is 11.5 Å². The second-order valence-electron chi connectivity index (χ2n) is 8.31. The summed E-state index contributed by atoms with van der Waals surface area (Å²) in [6, 6.07) is 5.18.